The first kappa shape index (κ1) is 67.6. The van der Waals surface area contributed by atoms with Gasteiger partial charge in [-0.25, -0.2) is 0 Å². The standard InChI is InChI=1S/C64H117NO5/c1-3-5-7-9-11-13-15-16-17-18-24-28-31-34-38-42-46-50-54-58-64(69)70-59-55-51-47-43-39-35-32-29-26-23-21-19-20-22-25-27-30-33-37-41-45-49-53-57-63(68)65-61(60-66)62(67)56-52-48-44-40-36-14-12-10-8-6-4-2/h11,13,16-17,19,21-22,25,52,56,61-62,66-67H,3-10,12,14-15,18,20,23-24,26-51,53-55,57-60H2,1-2H3,(H,65,68)/b13-11-,17-16-,21-19-,25-22-,56-52+. The van der Waals surface area contributed by atoms with Crippen LogP contribution in [0, 0.1) is 0 Å². The second-order valence-electron chi connectivity index (χ2n) is 20.7. The summed E-state index contributed by atoms with van der Waals surface area (Å²) >= 11 is 0. The van der Waals surface area contributed by atoms with Crippen LogP contribution >= 0.6 is 0 Å². The summed E-state index contributed by atoms with van der Waals surface area (Å²) in [5.41, 5.74) is 0. The van der Waals surface area contributed by atoms with Crippen LogP contribution < -0.4 is 5.32 Å². The van der Waals surface area contributed by atoms with E-state index in [1.807, 2.05) is 6.08 Å². The maximum Gasteiger partial charge on any atom is 0.305 e. The number of ether oxygens (including phenoxy) is 1. The highest BCUT2D eigenvalue weighted by atomic mass is 16.5. The van der Waals surface area contributed by atoms with Gasteiger partial charge in [0.1, 0.15) is 0 Å². The maximum absolute atomic E-state index is 12.4. The zero-order valence-electron chi connectivity index (χ0n) is 46.5. The van der Waals surface area contributed by atoms with Gasteiger partial charge in [-0.15, -0.1) is 0 Å². The van der Waals surface area contributed by atoms with E-state index in [4.69, 9.17) is 4.74 Å². The van der Waals surface area contributed by atoms with Crippen molar-refractivity contribution in [3.8, 4) is 0 Å². The highest BCUT2D eigenvalue weighted by Gasteiger charge is 2.18. The van der Waals surface area contributed by atoms with Crippen molar-refractivity contribution in [1.29, 1.82) is 0 Å². The van der Waals surface area contributed by atoms with Gasteiger partial charge in [0.15, 0.2) is 0 Å². The van der Waals surface area contributed by atoms with Crippen molar-refractivity contribution in [3.63, 3.8) is 0 Å². The van der Waals surface area contributed by atoms with Crippen molar-refractivity contribution in [3.05, 3.63) is 60.8 Å². The van der Waals surface area contributed by atoms with Crippen LogP contribution in [-0.2, 0) is 14.3 Å². The molecule has 2 unspecified atom stereocenters. The number of allylic oxidation sites excluding steroid dienone is 9. The molecule has 0 saturated carbocycles. The molecule has 6 heteroatoms. The Balaban J connectivity index is 3.44. The van der Waals surface area contributed by atoms with E-state index in [1.54, 1.807) is 6.08 Å². The molecule has 0 aliphatic heterocycles. The van der Waals surface area contributed by atoms with Gasteiger partial charge in [-0.1, -0.05) is 261 Å². The molecule has 0 aromatic rings. The smallest absolute Gasteiger partial charge is 0.305 e. The first-order valence-corrected chi connectivity index (χ1v) is 30.6. The average molecular weight is 981 g/mol. The second-order valence-corrected chi connectivity index (χ2v) is 20.7. The number of unbranched alkanes of at least 4 members (excludes halogenated alkanes) is 37. The lowest BCUT2D eigenvalue weighted by Gasteiger charge is -2.20. The van der Waals surface area contributed by atoms with Gasteiger partial charge >= 0.3 is 5.97 Å². The molecule has 0 spiro atoms. The summed E-state index contributed by atoms with van der Waals surface area (Å²) in [6.45, 7) is 4.85. The Labute approximate surface area is 435 Å². The number of carbonyl (C=O) groups excluding carboxylic acids is 2. The van der Waals surface area contributed by atoms with E-state index in [1.165, 1.54) is 212 Å². The van der Waals surface area contributed by atoms with Crippen LogP contribution in [0.15, 0.2) is 60.8 Å². The normalized spacial score (nSPS) is 13.0. The lowest BCUT2D eigenvalue weighted by atomic mass is 10.1. The molecule has 0 aliphatic carbocycles. The van der Waals surface area contributed by atoms with Gasteiger partial charge in [-0.3, -0.25) is 9.59 Å². The lowest BCUT2D eigenvalue weighted by Crippen LogP contribution is -2.45. The predicted octanol–water partition coefficient (Wildman–Crippen LogP) is 19.1. The van der Waals surface area contributed by atoms with Crippen LogP contribution in [0.4, 0.5) is 0 Å². The van der Waals surface area contributed by atoms with Gasteiger partial charge in [0, 0.05) is 12.8 Å². The van der Waals surface area contributed by atoms with Crippen LogP contribution in [0.3, 0.4) is 0 Å². The number of nitrogens with one attached hydrogen (secondary N) is 1. The molecule has 0 bridgehead atoms. The Kier molecular flexibility index (Phi) is 57.1. The minimum Gasteiger partial charge on any atom is -0.466 e. The van der Waals surface area contributed by atoms with Crippen molar-refractivity contribution in [1.82, 2.24) is 5.32 Å². The molecule has 0 aromatic heterocycles. The van der Waals surface area contributed by atoms with E-state index >= 15 is 0 Å². The Morgan fingerprint density at radius 1 is 0.400 bits per heavy atom. The SMILES string of the molecule is CCCCC/C=C\C/C=C\CCCCCCCCCCCC(=O)OCCCCCCCCCCC/C=C\C/C=C\CCCCCCCCCC(=O)NC(CO)C(O)/C=C/CCCCCCCCCCC. The molecule has 0 aliphatic rings. The molecule has 0 aromatic carbocycles. The Bertz CT molecular complexity index is 1220. The van der Waals surface area contributed by atoms with Crippen LogP contribution in [0.2, 0.25) is 0 Å². The largest absolute Gasteiger partial charge is 0.466 e. The highest BCUT2D eigenvalue weighted by Crippen LogP contribution is 2.16. The van der Waals surface area contributed by atoms with Crippen LogP contribution in [0.1, 0.15) is 309 Å². The van der Waals surface area contributed by atoms with Gasteiger partial charge < -0.3 is 20.3 Å². The number of aliphatic hydroxyl groups is 2. The Morgan fingerprint density at radius 3 is 1.11 bits per heavy atom. The molecule has 0 radical (unpaired) electrons. The Hall–Kier alpha value is -2.44. The minimum absolute atomic E-state index is 0.00201. The first-order valence-electron chi connectivity index (χ1n) is 30.6. The quantitative estimate of drug-likeness (QED) is 0.0321. The fourth-order valence-corrected chi connectivity index (χ4v) is 9.05. The number of carbonyl (C=O) groups is 2. The molecule has 0 saturated heterocycles. The summed E-state index contributed by atoms with van der Waals surface area (Å²) in [7, 11) is 0. The molecule has 0 fully saturated rings. The van der Waals surface area contributed by atoms with E-state index < -0.39 is 12.1 Å². The van der Waals surface area contributed by atoms with Crippen LogP contribution in [0.5, 0.6) is 0 Å². The fourth-order valence-electron chi connectivity index (χ4n) is 9.05. The summed E-state index contributed by atoms with van der Waals surface area (Å²) in [6.07, 6.45) is 76.9. The maximum atomic E-state index is 12.4. The Morgan fingerprint density at radius 2 is 0.714 bits per heavy atom. The molecular formula is C64H117NO5. The summed E-state index contributed by atoms with van der Waals surface area (Å²) in [5.74, 6) is -0.0785. The molecule has 1 amide bonds. The zero-order valence-corrected chi connectivity index (χ0v) is 46.5. The average Bonchev–Trinajstić information content (AvgIpc) is 3.36. The highest BCUT2D eigenvalue weighted by molar-refractivity contribution is 5.76. The van der Waals surface area contributed by atoms with E-state index in [2.05, 4.69) is 67.8 Å². The molecule has 6 nitrogen and oxygen atoms in total. The van der Waals surface area contributed by atoms with E-state index in [0.29, 0.717) is 19.4 Å². The van der Waals surface area contributed by atoms with Gasteiger partial charge in [-0.05, 0) is 96.3 Å². The molecule has 3 N–H and O–H groups in total. The third-order valence-electron chi connectivity index (χ3n) is 13.8. The third-order valence-corrected chi connectivity index (χ3v) is 13.8. The number of hydrogen-bond donors (Lipinski definition) is 3. The summed E-state index contributed by atoms with van der Waals surface area (Å²) in [4.78, 5) is 24.5. The first-order chi connectivity index (χ1) is 34.5. The van der Waals surface area contributed by atoms with Crippen LogP contribution in [0.25, 0.3) is 0 Å². The van der Waals surface area contributed by atoms with E-state index in [9.17, 15) is 19.8 Å². The van der Waals surface area contributed by atoms with Crippen LogP contribution in [-0.4, -0.2) is 47.4 Å². The van der Waals surface area contributed by atoms with E-state index in [0.717, 1.165) is 70.6 Å². The topological polar surface area (TPSA) is 95.9 Å². The number of aliphatic hydroxyl groups excluding tert-OH is 2. The van der Waals surface area contributed by atoms with Gasteiger partial charge in [0.05, 0.1) is 25.4 Å². The monoisotopic (exact) mass is 980 g/mol. The summed E-state index contributed by atoms with van der Waals surface area (Å²) in [6, 6.07) is -0.635. The molecular weight excluding hydrogens is 863 g/mol. The molecule has 0 rings (SSSR count). The van der Waals surface area contributed by atoms with Gasteiger partial charge in [0.25, 0.3) is 0 Å². The molecule has 70 heavy (non-hydrogen) atoms. The van der Waals surface area contributed by atoms with Crippen molar-refractivity contribution in [2.24, 2.45) is 0 Å². The number of hydrogen-bond acceptors (Lipinski definition) is 5. The number of rotatable bonds is 56. The lowest BCUT2D eigenvalue weighted by molar-refractivity contribution is -0.143. The minimum atomic E-state index is -0.851. The zero-order chi connectivity index (χ0) is 50.7. The van der Waals surface area contributed by atoms with Gasteiger partial charge in [-0.2, -0.15) is 0 Å². The van der Waals surface area contributed by atoms with Crippen molar-refractivity contribution >= 4 is 11.9 Å². The molecule has 0 heterocycles. The molecule has 408 valence electrons. The summed E-state index contributed by atoms with van der Waals surface area (Å²) in [5, 5.41) is 23.0. The van der Waals surface area contributed by atoms with Gasteiger partial charge in [0.2, 0.25) is 5.91 Å². The number of esters is 1. The fraction of sp³-hybridized carbons (Fsp3) is 0.812. The third kappa shape index (κ3) is 54.9. The second kappa shape index (κ2) is 59.1. The summed E-state index contributed by atoms with van der Waals surface area (Å²) < 4.78 is 5.49. The van der Waals surface area contributed by atoms with Crippen molar-refractivity contribution in [2.75, 3.05) is 13.2 Å². The van der Waals surface area contributed by atoms with Crippen molar-refractivity contribution in [2.45, 2.75) is 321 Å². The number of amides is 1. The molecule has 2 atom stereocenters. The van der Waals surface area contributed by atoms with E-state index in [-0.39, 0.29) is 18.5 Å². The van der Waals surface area contributed by atoms with Crippen molar-refractivity contribution < 1.29 is 24.5 Å². The predicted molar refractivity (Wildman–Crippen MR) is 305 cm³/mol.